The lowest BCUT2D eigenvalue weighted by Crippen LogP contribution is -2.64. The summed E-state index contributed by atoms with van der Waals surface area (Å²) in [6.45, 7) is 6.42. The van der Waals surface area contributed by atoms with Crippen molar-refractivity contribution in [3.63, 3.8) is 0 Å². The Kier molecular flexibility index (Phi) is 7.75. The standard InChI is InChI=1S/C58H41B2N3O3/c1-58(2,3)36-30-46-56-52(31-36)65-50-35-51-43-34-42(50)59(56)54-44(62(46)39-22-12-6-13-23-39)26-16-28-48(54)64-49-29-17-27-45-55(49)60(43)57-47(63(45)40-24-14-7-15-25-40)32-41(33-53(57)66-51)61(37-18-8-4-9-19-37)38-20-10-5-11-21-38/h4-35H,1-3H3. The quantitative estimate of drug-likeness (QED) is 0.161. The van der Waals surface area contributed by atoms with Crippen molar-refractivity contribution in [1.29, 1.82) is 0 Å². The normalized spacial score (nSPS) is 13.9. The van der Waals surface area contributed by atoms with Crippen LogP contribution in [0.15, 0.2) is 194 Å². The maximum absolute atomic E-state index is 7.53. The summed E-state index contributed by atoms with van der Waals surface area (Å²) in [5.41, 5.74) is 17.2. The molecule has 5 heterocycles. The van der Waals surface area contributed by atoms with E-state index < -0.39 is 0 Å². The molecule has 0 aliphatic carbocycles. The number of hydrogen-bond acceptors (Lipinski definition) is 6. The molecule has 0 unspecified atom stereocenters. The lowest BCUT2D eigenvalue weighted by molar-refractivity contribution is 0.463. The molecule has 9 aromatic rings. The molecule has 0 saturated carbocycles. The van der Waals surface area contributed by atoms with Gasteiger partial charge in [0, 0.05) is 57.6 Å². The maximum Gasteiger partial charge on any atom is 0.261 e. The minimum absolute atomic E-state index is 0.138. The predicted octanol–water partition coefficient (Wildman–Crippen LogP) is 11.4. The van der Waals surface area contributed by atoms with Crippen molar-refractivity contribution in [2.75, 3.05) is 14.7 Å². The SMILES string of the molecule is CC(C)(C)c1cc2c3c(c1)N(c1ccccc1)c1cccc4c1B3c1cc3c(cc1O2)Oc1cc(N(c2ccccc2)c2ccccc2)cc2c1B3c1c(cccc1N2c1ccccc1)O4. The van der Waals surface area contributed by atoms with Crippen LogP contribution < -0.4 is 61.7 Å². The maximum atomic E-state index is 7.53. The van der Waals surface area contributed by atoms with Crippen LogP contribution in [-0.2, 0) is 5.41 Å². The van der Waals surface area contributed by atoms with Crippen molar-refractivity contribution in [3.05, 3.63) is 200 Å². The molecule has 0 aromatic heterocycles. The Morgan fingerprint density at radius 2 is 0.803 bits per heavy atom. The molecule has 6 nitrogen and oxygen atoms in total. The van der Waals surface area contributed by atoms with Gasteiger partial charge in [-0.1, -0.05) is 112 Å². The fourth-order valence-corrected chi connectivity index (χ4v) is 11.2. The molecule has 0 saturated heterocycles. The molecule has 9 aromatic carbocycles. The molecule has 0 radical (unpaired) electrons. The highest BCUT2D eigenvalue weighted by atomic mass is 16.5. The predicted molar refractivity (Wildman–Crippen MR) is 272 cm³/mol. The average Bonchev–Trinajstić information content (AvgIpc) is 3.34. The molecule has 0 spiro atoms. The summed E-state index contributed by atoms with van der Waals surface area (Å²) in [5.74, 6) is 4.86. The van der Waals surface area contributed by atoms with Crippen molar-refractivity contribution in [3.8, 4) is 34.5 Å². The van der Waals surface area contributed by atoms with Gasteiger partial charge in [0.2, 0.25) is 0 Å². The van der Waals surface area contributed by atoms with E-state index >= 15 is 0 Å². The highest BCUT2D eigenvalue weighted by Gasteiger charge is 2.50. The van der Waals surface area contributed by atoms with E-state index in [1.54, 1.807) is 0 Å². The zero-order valence-electron chi connectivity index (χ0n) is 36.7. The monoisotopic (exact) mass is 849 g/mol. The number of rotatable bonds is 5. The van der Waals surface area contributed by atoms with Gasteiger partial charge in [-0.25, -0.2) is 0 Å². The highest BCUT2D eigenvalue weighted by molar-refractivity contribution is 7.02. The van der Waals surface area contributed by atoms with E-state index in [0.29, 0.717) is 0 Å². The van der Waals surface area contributed by atoms with Crippen LogP contribution in [0.3, 0.4) is 0 Å². The topological polar surface area (TPSA) is 37.4 Å². The smallest absolute Gasteiger partial charge is 0.261 e. The lowest BCUT2D eigenvalue weighted by Gasteiger charge is -2.44. The van der Waals surface area contributed by atoms with Crippen LogP contribution in [-0.4, -0.2) is 13.4 Å². The van der Waals surface area contributed by atoms with E-state index in [4.69, 9.17) is 14.2 Å². The van der Waals surface area contributed by atoms with Gasteiger partial charge < -0.3 is 28.9 Å². The summed E-state index contributed by atoms with van der Waals surface area (Å²) < 4.78 is 22.1. The van der Waals surface area contributed by atoms with Crippen LogP contribution in [0.5, 0.6) is 34.5 Å². The fourth-order valence-electron chi connectivity index (χ4n) is 11.2. The Hall–Kier alpha value is -8.09. The number of hydrogen-bond donors (Lipinski definition) is 0. The second-order valence-corrected chi connectivity index (χ2v) is 18.9. The molecule has 66 heavy (non-hydrogen) atoms. The van der Waals surface area contributed by atoms with Gasteiger partial charge >= 0.3 is 0 Å². The van der Waals surface area contributed by atoms with Crippen molar-refractivity contribution >= 4 is 97.4 Å². The molecular weight excluding hydrogens is 808 g/mol. The largest absolute Gasteiger partial charge is 0.458 e. The van der Waals surface area contributed by atoms with Gasteiger partial charge in [0.1, 0.15) is 34.5 Å². The molecule has 5 aliphatic rings. The molecule has 312 valence electrons. The second-order valence-electron chi connectivity index (χ2n) is 18.9. The summed E-state index contributed by atoms with van der Waals surface area (Å²) in [4.78, 5) is 7.12. The molecular formula is C58H41B2N3O3. The van der Waals surface area contributed by atoms with Crippen LogP contribution in [0.1, 0.15) is 26.3 Å². The van der Waals surface area contributed by atoms with E-state index in [-0.39, 0.29) is 18.8 Å². The summed E-state index contributed by atoms with van der Waals surface area (Å²) in [7, 11) is 0. The van der Waals surface area contributed by atoms with Gasteiger partial charge in [-0.2, -0.15) is 0 Å². The number of benzene rings is 9. The van der Waals surface area contributed by atoms with Crippen LogP contribution in [0.25, 0.3) is 0 Å². The van der Waals surface area contributed by atoms with E-state index in [2.05, 4.69) is 230 Å². The van der Waals surface area contributed by atoms with Gasteiger partial charge in [0.25, 0.3) is 13.4 Å². The molecule has 2 bridgehead atoms. The Balaban J connectivity index is 1.07. The van der Waals surface area contributed by atoms with E-state index in [0.717, 1.165) is 118 Å². The second kappa shape index (κ2) is 13.7. The van der Waals surface area contributed by atoms with E-state index in [1.807, 2.05) is 0 Å². The Labute approximate surface area is 385 Å². The molecule has 0 fully saturated rings. The fraction of sp³-hybridized carbons (Fsp3) is 0.0690. The van der Waals surface area contributed by atoms with Crippen LogP contribution >= 0.6 is 0 Å². The Morgan fingerprint density at radius 3 is 1.30 bits per heavy atom. The number of ether oxygens (including phenoxy) is 3. The first-order valence-electron chi connectivity index (χ1n) is 22.8. The first-order chi connectivity index (χ1) is 32.4. The lowest BCUT2D eigenvalue weighted by atomic mass is 9.30. The van der Waals surface area contributed by atoms with Crippen molar-refractivity contribution < 1.29 is 14.2 Å². The zero-order valence-corrected chi connectivity index (χ0v) is 36.7. The first-order valence-corrected chi connectivity index (χ1v) is 22.8. The minimum Gasteiger partial charge on any atom is -0.458 e. The summed E-state index contributed by atoms with van der Waals surface area (Å²) >= 11 is 0. The number of nitrogens with zero attached hydrogens (tertiary/aromatic N) is 3. The highest BCUT2D eigenvalue weighted by Crippen LogP contribution is 2.49. The molecule has 14 rings (SSSR count). The zero-order chi connectivity index (χ0) is 43.8. The van der Waals surface area contributed by atoms with Crippen molar-refractivity contribution in [1.82, 2.24) is 0 Å². The Morgan fingerprint density at radius 1 is 0.364 bits per heavy atom. The summed E-state index contributed by atoms with van der Waals surface area (Å²) in [6.07, 6.45) is 0. The summed E-state index contributed by atoms with van der Waals surface area (Å²) in [5, 5.41) is 0. The van der Waals surface area contributed by atoms with Gasteiger partial charge in [0.05, 0.1) is 5.69 Å². The third-order valence-corrected chi connectivity index (χ3v) is 14.0. The third kappa shape index (κ3) is 5.33. The molecule has 0 N–H and O–H groups in total. The van der Waals surface area contributed by atoms with Crippen molar-refractivity contribution in [2.45, 2.75) is 26.2 Å². The van der Waals surface area contributed by atoms with Crippen LogP contribution in [0.4, 0.5) is 51.2 Å². The van der Waals surface area contributed by atoms with Gasteiger partial charge in [0.15, 0.2) is 0 Å². The van der Waals surface area contributed by atoms with E-state index in [1.165, 1.54) is 5.56 Å². The average molecular weight is 850 g/mol. The van der Waals surface area contributed by atoms with Crippen LogP contribution in [0, 0.1) is 0 Å². The first kappa shape index (κ1) is 37.3. The molecule has 5 aliphatic heterocycles. The number of anilines is 9. The van der Waals surface area contributed by atoms with E-state index in [9.17, 15) is 0 Å². The van der Waals surface area contributed by atoms with Gasteiger partial charge in [-0.3, -0.25) is 0 Å². The molecule has 0 amide bonds. The van der Waals surface area contributed by atoms with Crippen molar-refractivity contribution in [2.24, 2.45) is 0 Å². The van der Waals surface area contributed by atoms with Gasteiger partial charge in [-0.05, 0) is 135 Å². The van der Waals surface area contributed by atoms with Crippen LogP contribution in [0.2, 0.25) is 0 Å². The minimum atomic E-state index is -0.218. The summed E-state index contributed by atoms with van der Waals surface area (Å²) in [6, 6.07) is 69.3. The Bertz CT molecular complexity index is 3430. The number of para-hydroxylation sites is 4. The molecule has 8 heteroatoms. The molecule has 0 atom stereocenters. The third-order valence-electron chi connectivity index (χ3n) is 14.0. The van der Waals surface area contributed by atoms with Gasteiger partial charge in [-0.15, -0.1) is 0 Å².